The van der Waals surface area contributed by atoms with Crippen molar-refractivity contribution in [2.75, 3.05) is 11.9 Å². The SMILES string of the molecule is Cc1cccc(CN(C)c2nc(Cl)nnc2Cl)n1. The van der Waals surface area contributed by atoms with Crippen LogP contribution in [0.15, 0.2) is 18.2 Å². The number of aryl methyl sites for hydroxylation is 1. The molecule has 94 valence electrons. The fraction of sp³-hybridized carbons (Fsp3) is 0.273. The summed E-state index contributed by atoms with van der Waals surface area (Å²) in [6.45, 7) is 2.51. The number of anilines is 1. The average molecular weight is 284 g/mol. The van der Waals surface area contributed by atoms with Gasteiger partial charge in [-0.05, 0) is 30.7 Å². The summed E-state index contributed by atoms with van der Waals surface area (Å²) in [5, 5.41) is 7.58. The minimum absolute atomic E-state index is 0.0680. The molecule has 0 N–H and O–H groups in total. The van der Waals surface area contributed by atoms with E-state index < -0.39 is 0 Å². The fourth-order valence-corrected chi connectivity index (χ4v) is 1.88. The fourth-order valence-electron chi connectivity index (χ4n) is 1.53. The van der Waals surface area contributed by atoms with Gasteiger partial charge < -0.3 is 4.90 Å². The predicted molar refractivity (Wildman–Crippen MR) is 70.9 cm³/mol. The third-order valence-corrected chi connectivity index (χ3v) is 2.71. The monoisotopic (exact) mass is 283 g/mol. The number of nitrogens with zero attached hydrogens (tertiary/aromatic N) is 5. The van der Waals surface area contributed by atoms with Gasteiger partial charge in [0, 0.05) is 12.7 Å². The molecule has 0 saturated heterocycles. The number of hydrogen-bond donors (Lipinski definition) is 0. The van der Waals surface area contributed by atoms with Gasteiger partial charge in [0.25, 0.3) is 0 Å². The summed E-state index contributed by atoms with van der Waals surface area (Å²) >= 11 is 11.6. The van der Waals surface area contributed by atoms with Gasteiger partial charge in [-0.1, -0.05) is 17.7 Å². The first-order chi connectivity index (χ1) is 8.56. The summed E-state index contributed by atoms with van der Waals surface area (Å²) in [5.74, 6) is 0.486. The maximum atomic E-state index is 5.93. The minimum Gasteiger partial charge on any atom is -0.351 e. The lowest BCUT2D eigenvalue weighted by molar-refractivity contribution is 0.837. The highest BCUT2D eigenvalue weighted by Gasteiger charge is 2.12. The highest BCUT2D eigenvalue weighted by atomic mass is 35.5. The predicted octanol–water partition coefficient (Wildman–Crippen LogP) is 2.52. The summed E-state index contributed by atoms with van der Waals surface area (Å²) in [6.07, 6.45) is 0. The molecule has 0 radical (unpaired) electrons. The molecule has 18 heavy (non-hydrogen) atoms. The van der Waals surface area contributed by atoms with Gasteiger partial charge in [0.15, 0.2) is 11.0 Å². The number of pyridine rings is 1. The van der Waals surface area contributed by atoms with Crippen LogP contribution in [0, 0.1) is 6.92 Å². The number of aromatic nitrogens is 4. The Morgan fingerprint density at radius 3 is 2.67 bits per heavy atom. The summed E-state index contributed by atoms with van der Waals surface area (Å²) in [7, 11) is 1.84. The Kier molecular flexibility index (Phi) is 3.93. The van der Waals surface area contributed by atoms with Crippen molar-refractivity contribution in [3.05, 3.63) is 40.0 Å². The Hall–Kier alpha value is -1.46. The van der Waals surface area contributed by atoms with Crippen LogP contribution < -0.4 is 4.90 Å². The van der Waals surface area contributed by atoms with Gasteiger partial charge in [0.2, 0.25) is 5.28 Å². The lowest BCUT2D eigenvalue weighted by Crippen LogP contribution is -2.19. The van der Waals surface area contributed by atoms with Crippen molar-refractivity contribution in [3.63, 3.8) is 0 Å². The second kappa shape index (κ2) is 5.46. The van der Waals surface area contributed by atoms with Crippen molar-refractivity contribution >= 4 is 29.0 Å². The van der Waals surface area contributed by atoms with E-state index in [1.807, 2.05) is 37.1 Å². The van der Waals surface area contributed by atoms with E-state index >= 15 is 0 Å². The first-order valence-corrected chi connectivity index (χ1v) is 6.01. The van der Waals surface area contributed by atoms with Crippen LogP contribution in [0.3, 0.4) is 0 Å². The van der Waals surface area contributed by atoms with Gasteiger partial charge in [-0.25, -0.2) is 0 Å². The number of halogens is 2. The molecular formula is C11H11Cl2N5. The van der Waals surface area contributed by atoms with Crippen LogP contribution in [0.2, 0.25) is 10.4 Å². The van der Waals surface area contributed by atoms with E-state index in [0.717, 1.165) is 11.4 Å². The van der Waals surface area contributed by atoms with E-state index in [2.05, 4.69) is 20.2 Å². The van der Waals surface area contributed by atoms with E-state index in [4.69, 9.17) is 23.2 Å². The van der Waals surface area contributed by atoms with Gasteiger partial charge >= 0.3 is 0 Å². The minimum atomic E-state index is 0.0680. The van der Waals surface area contributed by atoms with E-state index in [9.17, 15) is 0 Å². The lowest BCUT2D eigenvalue weighted by Gasteiger charge is -2.18. The molecule has 0 aliphatic carbocycles. The zero-order chi connectivity index (χ0) is 13.1. The van der Waals surface area contributed by atoms with Crippen molar-refractivity contribution < 1.29 is 0 Å². The topological polar surface area (TPSA) is 54.8 Å². The molecule has 2 aromatic heterocycles. The molecule has 0 aliphatic heterocycles. The summed E-state index contributed by atoms with van der Waals surface area (Å²) in [6, 6.07) is 5.84. The van der Waals surface area contributed by atoms with Gasteiger partial charge in [0.1, 0.15) is 0 Å². The van der Waals surface area contributed by atoms with E-state index in [1.165, 1.54) is 0 Å². The molecule has 2 aromatic rings. The normalized spacial score (nSPS) is 10.4. The molecule has 0 aromatic carbocycles. The van der Waals surface area contributed by atoms with Crippen molar-refractivity contribution in [2.45, 2.75) is 13.5 Å². The highest BCUT2D eigenvalue weighted by Crippen LogP contribution is 2.21. The summed E-state index contributed by atoms with van der Waals surface area (Å²) < 4.78 is 0. The van der Waals surface area contributed by atoms with Crippen molar-refractivity contribution in [2.24, 2.45) is 0 Å². The van der Waals surface area contributed by atoms with Crippen molar-refractivity contribution in [1.29, 1.82) is 0 Å². The van der Waals surface area contributed by atoms with Crippen LogP contribution in [0.4, 0.5) is 5.82 Å². The summed E-state index contributed by atoms with van der Waals surface area (Å²) in [4.78, 5) is 10.3. The van der Waals surface area contributed by atoms with Crippen LogP contribution >= 0.6 is 23.2 Å². The highest BCUT2D eigenvalue weighted by molar-refractivity contribution is 6.32. The molecule has 0 amide bonds. The Morgan fingerprint density at radius 1 is 1.17 bits per heavy atom. The molecule has 0 spiro atoms. The molecule has 0 aliphatic rings. The second-order valence-corrected chi connectivity index (χ2v) is 4.52. The zero-order valence-corrected chi connectivity index (χ0v) is 11.4. The average Bonchev–Trinajstić information content (AvgIpc) is 2.32. The first kappa shape index (κ1) is 13.0. The van der Waals surface area contributed by atoms with Gasteiger partial charge in [-0.3, -0.25) is 4.98 Å². The van der Waals surface area contributed by atoms with Crippen LogP contribution in [-0.4, -0.2) is 27.2 Å². The molecule has 5 nitrogen and oxygen atoms in total. The van der Waals surface area contributed by atoms with Crippen molar-refractivity contribution in [3.8, 4) is 0 Å². The smallest absolute Gasteiger partial charge is 0.245 e. The van der Waals surface area contributed by atoms with E-state index in [0.29, 0.717) is 12.4 Å². The van der Waals surface area contributed by atoms with Crippen LogP contribution in [0.25, 0.3) is 0 Å². The molecule has 2 rings (SSSR count). The van der Waals surface area contributed by atoms with Gasteiger partial charge in [0.05, 0.1) is 12.2 Å². The number of hydrogen-bond acceptors (Lipinski definition) is 5. The van der Waals surface area contributed by atoms with Crippen LogP contribution in [-0.2, 0) is 6.54 Å². The van der Waals surface area contributed by atoms with E-state index in [-0.39, 0.29) is 10.4 Å². The quantitative estimate of drug-likeness (QED) is 0.866. The number of rotatable bonds is 3. The van der Waals surface area contributed by atoms with Gasteiger partial charge in [-0.2, -0.15) is 4.98 Å². The Balaban J connectivity index is 2.21. The first-order valence-electron chi connectivity index (χ1n) is 5.25. The molecule has 2 heterocycles. The van der Waals surface area contributed by atoms with Crippen molar-refractivity contribution in [1.82, 2.24) is 20.2 Å². The van der Waals surface area contributed by atoms with Crippen LogP contribution in [0.5, 0.6) is 0 Å². The molecule has 0 bridgehead atoms. The molecule has 0 atom stereocenters. The lowest BCUT2D eigenvalue weighted by atomic mass is 10.3. The Morgan fingerprint density at radius 2 is 1.94 bits per heavy atom. The second-order valence-electron chi connectivity index (χ2n) is 3.82. The standard InChI is InChI=1S/C11H11Cl2N5/c1-7-4-3-5-8(14-7)6-18(2)10-9(12)16-17-11(13)15-10/h3-5H,6H2,1-2H3. The molecule has 0 saturated carbocycles. The van der Waals surface area contributed by atoms with Gasteiger partial charge in [-0.15, -0.1) is 10.2 Å². The molecular weight excluding hydrogens is 273 g/mol. The van der Waals surface area contributed by atoms with Crippen LogP contribution in [0.1, 0.15) is 11.4 Å². The Bertz CT molecular complexity index is 561. The third-order valence-electron chi connectivity index (χ3n) is 2.31. The molecule has 0 unspecified atom stereocenters. The molecule has 7 heteroatoms. The molecule has 0 fully saturated rings. The third kappa shape index (κ3) is 3.05. The largest absolute Gasteiger partial charge is 0.351 e. The van der Waals surface area contributed by atoms with E-state index in [1.54, 1.807) is 0 Å². The zero-order valence-electron chi connectivity index (χ0n) is 9.93. The maximum absolute atomic E-state index is 5.93. The maximum Gasteiger partial charge on any atom is 0.245 e. The summed E-state index contributed by atoms with van der Waals surface area (Å²) in [5.41, 5.74) is 1.88. The Labute approximate surface area is 115 Å².